The molecule has 0 bridgehead atoms. The number of nitrogens with zero attached hydrogens (tertiary/aromatic N) is 1. The van der Waals surface area contributed by atoms with Crippen LogP contribution in [0.15, 0.2) is 36.5 Å². The van der Waals surface area contributed by atoms with E-state index in [1.807, 2.05) is 31.2 Å². The summed E-state index contributed by atoms with van der Waals surface area (Å²) in [6.45, 7) is 6.46. The van der Waals surface area contributed by atoms with E-state index in [2.05, 4.69) is 23.3 Å². The van der Waals surface area contributed by atoms with Gasteiger partial charge in [-0.2, -0.15) is 0 Å². The van der Waals surface area contributed by atoms with Gasteiger partial charge in [0.1, 0.15) is 11.5 Å². The van der Waals surface area contributed by atoms with Gasteiger partial charge in [-0.15, -0.1) is 0 Å². The summed E-state index contributed by atoms with van der Waals surface area (Å²) >= 11 is 0. The van der Waals surface area contributed by atoms with Crippen LogP contribution in [0.2, 0.25) is 0 Å². The lowest BCUT2D eigenvalue weighted by Gasteiger charge is -2.11. The van der Waals surface area contributed by atoms with Gasteiger partial charge in [0, 0.05) is 25.9 Å². The molecule has 0 spiro atoms. The van der Waals surface area contributed by atoms with Crippen molar-refractivity contribution in [3.05, 3.63) is 53.3 Å². The zero-order chi connectivity index (χ0) is 15.1. The van der Waals surface area contributed by atoms with Crippen molar-refractivity contribution in [2.24, 2.45) is 0 Å². The van der Waals surface area contributed by atoms with Gasteiger partial charge >= 0.3 is 0 Å². The van der Waals surface area contributed by atoms with E-state index < -0.39 is 0 Å². The third kappa shape index (κ3) is 4.85. The maximum atomic E-state index is 5.81. The fourth-order valence-corrected chi connectivity index (χ4v) is 1.98. The third-order valence-electron chi connectivity index (χ3n) is 3.23. The number of hydrogen-bond donors (Lipinski definition) is 1. The highest BCUT2D eigenvalue weighted by Gasteiger charge is 2.02. The molecule has 1 N–H and O–H groups in total. The molecule has 0 amide bonds. The van der Waals surface area contributed by atoms with Crippen molar-refractivity contribution in [2.45, 2.75) is 20.4 Å². The van der Waals surface area contributed by atoms with Gasteiger partial charge in [0.25, 0.3) is 0 Å². The summed E-state index contributed by atoms with van der Waals surface area (Å²) in [5.41, 5.74) is 3.45. The minimum absolute atomic E-state index is 0.723. The van der Waals surface area contributed by atoms with Crippen LogP contribution in [-0.2, 0) is 11.3 Å². The molecule has 0 radical (unpaired) electrons. The van der Waals surface area contributed by atoms with Gasteiger partial charge < -0.3 is 14.8 Å². The Morgan fingerprint density at radius 2 is 1.90 bits per heavy atom. The molecule has 0 fully saturated rings. The van der Waals surface area contributed by atoms with E-state index in [4.69, 9.17) is 9.47 Å². The third-order valence-corrected chi connectivity index (χ3v) is 3.23. The second kappa shape index (κ2) is 7.76. The van der Waals surface area contributed by atoms with Crippen LogP contribution in [-0.4, -0.2) is 25.2 Å². The van der Waals surface area contributed by atoms with Gasteiger partial charge in [-0.3, -0.25) is 4.98 Å². The summed E-state index contributed by atoms with van der Waals surface area (Å²) in [7, 11) is 1.71. The number of methoxy groups -OCH3 is 1. The van der Waals surface area contributed by atoms with Gasteiger partial charge in [-0.1, -0.05) is 6.07 Å². The monoisotopic (exact) mass is 286 g/mol. The molecule has 1 aromatic heterocycles. The van der Waals surface area contributed by atoms with Crippen LogP contribution in [0.5, 0.6) is 11.5 Å². The first-order chi connectivity index (χ1) is 10.2. The molecule has 4 heteroatoms. The second-order valence-electron chi connectivity index (χ2n) is 5.00. The minimum atomic E-state index is 0.723. The molecule has 2 aromatic rings. The van der Waals surface area contributed by atoms with Gasteiger partial charge in [0.05, 0.1) is 12.8 Å². The van der Waals surface area contributed by atoms with E-state index in [9.17, 15) is 0 Å². The summed E-state index contributed by atoms with van der Waals surface area (Å²) in [6.07, 6.45) is 1.74. The van der Waals surface area contributed by atoms with Crippen molar-refractivity contribution in [1.29, 1.82) is 0 Å². The van der Waals surface area contributed by atoms with E-state index in [1.165, 1.54) is 11.1 Å². The number of hydrogen-bond acceptors (Lipinski definition) is 4. The topological polar surface area (TPSA) is 43.4 Å². The van der Waals surface area contributed by atoms with Crippen LogP contribution >= 0.6 is 0 Å². The predicted octanol–water partition coefficient (Wildman–Crippen LogP) is 3.23. The van der Waals surface area contributed by atoms with Crippen LogP contribution in [0.25, 0.3) is 0 Å². The molecule has 1 aromatic carbocycles. The SMILES string of the molecule is COCCNCc1ccc(Oc2ccc(C)nc2)cc1C. The lowest BCUT2D eigenvalue weighted by molar-refractivity contribution is 0.199. The van der Waals surface area contributed by atoms with E-state index in [0.717, 1.165) is 36.9 Å². The molecule has 0 saturated carbocycles. The average Bonchev–Trinajstić information content (AvgIpc) is 2.48. The Hall–Kier alpha value is -1.91. The molecule has 0 aliphatic rings. The highest BCUT2D eigenvalue weighted by molar-refractivity contribution is 5.37. The number of rotatable bonds is 7. The molecule has 0 aliphatic carbocycles. The number of benzene rings is 1. The number of nitrogens with one attached hydrogen (secondary N) is 1. The molecule has 1 heterocycles. The van der Waals surface area contributed by atoms with Crippen molar-refractivity contribution in [2.75, 3.05) is 20.3 Å². The fourth-order valence-electron chi connectivity index (χ4n) is 1.98. The molecular formula is C17H22N2O2. The summed E-state index contributed by atoms with van der Waals surface area (Å²) in [5.74, 6) is 1.59. The molecule has 0 unspecified atom stereocenters. The molecular weight excluding hydrogens is 264 g/mol. The quantitative estimate of drug-likeness (QED) is 0.794. The van der Waals surface area contributed by atoms with Crippen LogP contribution < -0.4 is 10.1 Å². The average molecular weight is 286 g/mol. The van der Waals surface area contributed by atoms with Crippen LogP contribution in [0.4, 0.5) is 0 Å². The molecule has 0 saturated heterocycles. The van der Waals surface area contributed by atoms with E-state index in [-0.39, 0.29) is 0 Å². The van der Waals surface area contributed by atoms with Gasteiger partial charge in [0.2, 0.25) is 0 Å². The van der Waals surface area contributed by atoms with Crippen molar-refractivity contribution >= 4 is 0 Å². The standard InChI is InChI=1S/C17H22N2O2/c1-13-10-16(21-17-6-4-14(2)19-12-17)7-5-15(13)11-18-8-9-20-3/h4-7,10,12,18H,8-9,11H2,1-3H3. The highest BCUT2D eigenvalue weighted by Crippen LogP contribution is 2.23. The smallest absolute Gasteiger partial charge is 0.145 e. The molecule has 0 aliphatic heterocycles. The Balaban J connectivity index is 1.96. The molecule has 0 atom stereocenters. The summed E-state index contributed by atoms with van der Waals surface area (Å²) in [5, 5.41) is 3.34. The Morgan fingerprint density at radius 1 is 1.10 bits per heavy atom. The predicted molar refractivity (Wildman–Crippen MR) is 83.8 cm³/mol. The fraction of sp³-hybridized carbons (Fsp3) is 0.353. The van der Waals surface area contributed by atoms with Gasteiger partial charge in [0.15, 0.2) is 0 Å². The normalized spacial score (nSPS) is 10.6. The Labute approximate surface area is 126 Å². The van der Waals surface area contributed by atoms with Crippen LogP contribution in [0.1, 0.15) is 16.8 Å². The maximum Gasteiger partial charge on any atom is 0.145 e. The first-order valence-corrected chi connectivity index (χ1v) is 7.09. The van der Waals surface area contributed by atoms with Crippen LogP contribution in [0, 0.1) is 13.8 Å². The molecule has 2 rings (SSSR count). The van der Waals surface area contributed by atoms with E-state index in [0.29, 0.717) is 0 Å². The van der Waals surface area contributed by atoms with Crippen molar-refractivity contribution in [1.82, 2.24) is 10.3 Å². The minimum Gasteiger partial charge on any atom is -0.456 e. The maximum absolute atomic E-state index is 5.81. The van der Waals surface area contributed by atoms with Crippen LogP contribution in [0.3, 0.4) is 0 Å². The Bertz CT molecular complexity index is 568. The number of pyridine rings is 1. The highest BCUT2D eigenvalue weighted by atomic mass is 16.5. The summed E-state index contributed by atoms with van der Waals surface area (Å²) in [6, 6.07) is 9.99. The van der Waals surface area contributed by atoms with Crippen molar-refractivity contribution in [3.8, 4) is 11.5 Å². The van der Waals surface area contributed by atoms with E-state index >= 15 is 0 Å². The Morgan fingerprint density at radius 3 is 2.57 bits per heavy atom. The summed E-state index contributed by atoms with van der Waals surface area (Å²) in [4.78, 5) is 4.23. The lowest BCUT2D eigenvalue weighted by atomic mass is 10.1. The number of ether oxygens (including phenoxy) is 2. The van der Waals surface area contributed by atoms with Crippen molar-refractivity contribution < 1.29 is 9.47 Å². The molecule has 4 nitrogen and oxygen atoms in total. The zero-order valence-corrected chi connectivity index (χ0v) is 12.8. The second-order valence-corrected chi connectivity index (χ2v) is 5.00. The summed E-state index contributed by atoms with van der Waals surface area (Å²) < 4.78 is 10.8. The lowest BCUT2D eigenvalue weighted by Crippen LogP contribution is -2.19. The van der Waals surface area contributed by atoms with Gasteiger partial charge in [-0.05, 0) is 49.2 Å². The number of aromatic nitrogens is 1. The zero-order valence-electron chi connectivity index (χ0n) is 12.8. The van der Waals surface area contributed by atoms with Gasteiger partial charge in [-0.25, -0.2) is 0 Å². The first-order valence-electron chi connectivity index (χ1n) is 7.09. The van der Waals surface area contributed by atoms with E-state index in [1.54, 1.807) is 13.3 Å². The number of aryl methyl sites for hydroxylation is 2. The molecule has 112 valence electrons. The Kier molecular flexibility index (Phi) is 5.72. The largest absolute Gasteiger partial charge is 0.456 e. The first kappa shape index (κ1) is 15.5. The van der Waals surface area contributed by atoms with Crippen molar-refractivity contribution in [3.63, 3.8) is 0 Å². The molecule has 21 heavy (non-hydrogen) atoms.